The number of aromatic nitrogens is 1. The first-order chi connectivity index (χ1) is 11.6. The molecule has 1 aliphatic heterocycles. The first-order valence-electron chi connectivity index (χ1n) is 7.54. The van der Waals surface area contributed by atoms with Gasteiger partial charge in [-0.15, -0.1) is 0 Å². The number of pyridine rings is 1. The van der Waals surface area contributed by atoms with Crippen LogP contribution in [0.2, 0.25) is 5.02 Å². The van der Waals surface area contributed by atoms with E-state index in [4.69, 9.17) is 21.1 Å². The molecule has 2 heterocycles. The van der Waals surface area contributed by atoms with Crippen molar-refractivity contribution in [3.63, 3.8) is 0 Å². The smallest absolute Gasteiger partial charge is 0.243 e. The molecule has 1 amide bonds. The van der Waals surface area contributed by atoms with Crippen LogP contribution >= 0.6 is 11.6 Å². The number of rotatable bonds is 4. The van der Waals surface area contributed by atoms with E-state index in [1.54, 1.807) is 12.3 Å². The lowest BCUT2D eigenvalue weighted by atomic mass is 10.0. The molecule has 5 nitrogen and oxygen atoms in total. The van der Waals surface area contributed by atoms with Crippen LogP contribution in [0.1, 0.15) is 11.1 Å². The zero-order valence-corrected chi connectivity index (χ0v) is 14.0. The van der Waals surface area contributed by atoms with Gasteiger partial charge >= 0.3 is 0 Å². The van der Waals surface area contributed by atoms with Crippen LogP contribution < -0.4 is 14.8 Å². The Bertz CT molecular complexity index is 792. The Morgan fingerprint density at radius 1 is 1.54 bits per heavy atom. The molecule has 1 unspecified atom stereocenters. The van der Waals surface area contributed by atoms with E-state index in [0.717, 1.165) is 11.1 Å². The molecule has 1 aliphatic rings. The lowest BCUT2D eigenvalue weighted by molar-refractivity contribution is -0.117. The van der Waals surface area contributed by atoms with Crippen molar-refractivity contribution in [3.05, 3.63) is 59.3 Å². The van der Waals surface area contributed by atoms with Crippen LogP contribution in [0.5, 0.6) is 17.4 Å². The van der Waals surface area contributed by atoms with Crippen LogP contribution in [0.4, 0.5) is 0 Å². The predicted octanol–water partition coefficient (Wildman–Crippen LogP) is 3.44. The number of halogens is 1. The summed E-state index contributed by atoms with van der Waals surface area (Å²) in [5.74, 6) is 1.52. The van der Waals surface area contributed by atoms with Gasteiger partial charge in [-0.05, 0) is 31.1 Å². The summed E-state index contributed by atoms with van der Waals surface area (Å²) in [6.45, 7) is 5.72. The predicted molar refractivity (Wildman–Crippen MR) is 91.8 cm³/mol. The summed E-state index contributed by atoms with van der Waals surface area (Å²) < 4.78 is 11.7. The Morgan fingerprint density at radius 2 is 2.38 bits per heavy atom. The highest BCUT2D eigenvalue weighted by Gasteiger charge is 2.24. The topological polar surface area (TPSA) is 60.5 Å². The number of hydrogen-bond donors (Lipinski definition) is 1. The fraction of sp³-hybridized carbons (Fsp3) is 0.222. The van der Waals surface area contributed by atoms with Gasteiger partial charge in [0.1, 0.15) is 6.61 Å². The molecule has 0 aliphatic carbocycles. The van der Waals surface area contributed by atoms with Gasteiger partial charge in [0.2, 0.25) is 11.8 Å². The monoisotopic (exact) mass is 344 g/mol. The molecular weight excluding hydrogens is 328 g/mol. The van der Waals surface area contributed by atoms with Crippen molar-refractivity contribution in [1.29, 1.82) is 0 Å². The Hall–Kier alpha value is -2.53. The number of nitrogens with zero attached hydrogens (tertiary/aromatic N) is 1. The number of nitrogens with one attached hydrogen (secondary N) is 1. The molecule has 6 heteroatoms. The third-order valence-corrected chi connectivity index (χ3v) is 4.12. The number of hydrogen-bond acceptors (Lipinski definition) is 4. The summed E-state index contributed by atoms with van der Waals surface area (Å²) in [4.78, 5) is 15.6. The average Bonchev–Trinajstić information content (AvgIpc) is 2.58. The van der Waals surface area contributed by atoms with Crippen molar-refractivity contribution in [2.75, 3.05) is 6.61 Å². The zero-order chi connectivity index (χ0) is 17.1. The SMILES string of the molecule is C=CC(=O)NC1COc2c(cccc2Oc2cc(C)c(Cl)cn2)C1. The van der Waals surface area contributed by atoms with Gasteiger partial charge in [0, 0.05) is 17.8 Å². The van der Waals surface area contributed by atoms with Crippen LogP contribution in [0.25, 0.3) is 0 Å². The van der Waals surface area contributed by atoms with E-state index in [9.17, 15) is 4.79 Å². The number of ether oxygens (including phenoxy) is 2. The first kappa shape index (κ1) is 16.3. The summed E-state index contributed by atoms with van der Waals surface area (Å²) in [6.07, 6.45) is 3.48. The lowest BCUT2D eigenvalue weighted by Crippen LogP contribution is -2.42. The number of fused-ring (bicyclic) bond motifs is 1. The van der Waals surface area contributed by atoms with Crippen LogP contribution in [0.15, 0.2) is 43.1 Å². The van der Waals surface area contributed by atoms with Gasteiger partial charge in [0.25, 0.3) is 0 Å². The largest absolute Gasteiger partial charge is 0.487 e. The Labute approximate surface area is 145 Å². The third kappa shape index (κ3) is 3.51. The fourth-order valence-electron chi connectivity index (χ4n) is 2.51. The highest BCUT2D eigenvalue weighted by molar-refractivity contribution is 6.31. The van der Waals surface area contributed by atoms with E-state index >= 15 is 0 Å². The second-order valence-corrected chi connectivity index (χ2v) is 5.95. The van der Waals surface area contributed by atoms with Crippen LogP contribution in [0, 0.1) is 6.92 Å². The van der Waals surface area contributed by atoms with Crippen molar-refractivity contribution < 1.29 is 14.3 Å². The van der Waals surface area contributed by atoms with Crippen molar-refractivity contribution in [2.45, 2.75) is 19.4 Å². The molecule has 0 radical (unpaired) electrons. The van der Waals surface area contributed by atoms with Crippen molar-refractivity contribution >= 4 is 17.5 Å². The zero-order valence-electron chi connectivity index (χ0n) is 13.2. The number of carbonyl (C=O) groups is 1. The summed E-state index contributed by atoms with van der Waals surface area (Å²) in [5.41, 5.74) is 1.86. The molecular formula is C18H17ClN2O3. The molecule has 24 heavy (non-hydrogen) atoms. The maximum Gasteiger partial charge on any atom is 0.243 e. The van der Waals surface area contributed by atoms with Gasteiger partial charge in [0.15, 0.2) is 11.5 Å². The molecule has 3 rings (SSSR count). The Balaban J connectivity index is 1.80. The van der Waals surface area contributed by atoms with Gasteiger partial charge in [-0.1, -0.05) is 30.3 Å². The Morgan fingerprint density at radius 3 is 3.12 bits per heavy atom. The van der Waals surface area contributed by atoms with E-state index in [1.807, 2.05) is 25.1 Å². The van der Waals surface area contributed by atoms with E-state index in [1.165, 1.54) is 6.08 Å². The number of amides is 1. The minimum atomic E-state index is -0.208. The number of carbonyl (C=O) groups excluding carboxylic acids is 1. The average molecular weight is 345 g/mol. The summed E-state index contributed by atoms with van der Waals surface area (Å²) in [6, 6.07) is 7.35. The lowest BCUT2D eigenvalue weighted by Gasteiger charge is -2.27. The maximum atomic E-state index is 11.4. The molecule has 0 saturated heterocycles. The standard InChI is InChI=1S/C18H17ClN2O3/c1-3-16(22)21-13-8-12-5-4-6-15(18(12)23-10-13)24-17-7-11(2)14(19)9-20-17/h3-7,9,13H,1,8,10H2,2H3,(H,21,22). The van der Waals surface area contributed by atoms with Crippen molar-refractivity contribution in [1.82, 2.24) is 10.3 Å². The van der Waals surface area contributed by atoms with E-state index < -0.39 is 0 Å². The highest BCUT2D eigenvalue weighted by atomic mass is 35.5. The first-order valence-corrected chi connectivity index (χ1v) is 7.92. The molecule has 1 atom stereocenters. The van der Waals surface area contributed by atoms with Gasteiger partial charge < -0.3 is 14.8 Å². The van der Waals surface area contributed by atoms with Gasteiger partial charge in [-0.2, -0.15) is 0 Å². The minimum Gasteiger partial charge on any atom is -0.487 e. The van der Waals surface area contributed by atoms with Gasteiger partial charge in [-0.25, -0.2) is 4.98 Å². The molecule has 1 aromatic heterocycles. The molecule has 0 saturated carbocycles. The molecule has 2 aromatic rings. The Kier molecular flexibility index (Phi) is 4.71. The van der Waals surface area contributed by atoms with Gasteiger partial charge in [-0.3, -0.25) is 4.79 Å². The van der Waals surface area contributed by atoms with E-state index in [2.05, 4.69) is 16.9 Å². The molecule has 0 bridgehead atoms. The summed E-state index contributed by atoms with van der Waals surface area (Å²) >= 11 is 5.98. The summed E-state index contributed by atoms with van der Waals surface area (Å²) in [5, 5.41) is 3.43. The van der Waals surface area contributed by atoms with Crippen molar-refractivity contribution in [3.8, 4) is 17.4 Å². The van der Waals surface area contributed by atoms with Crippen LogP contribution in [-0.4, -0.2) is 23.5 Å². The van der Waals surface area contributed by atoms with Crippen LogP contribution in [0.3, 0.4) is 0 Å². The second kappa shape index (κ2) is 6.93. The molecule has 0 fully saturated rings. The quantitative estimate of drug-likeness (QED) is 0.863. The second-order valence-electron chi connectivity index (χ2n) is 5.54. The van der Waals surface area contributed by atoms with Crippen molar-refractivity contribution in [2.24, 2.45) is 0 Å². The molecule has 1 N–H and O–H groups in total. The number of benzene rings is 1. The number of aryl methyl sites for hydroxylation is 1. The summed E-state index contributed by atoms with van der Waals surface area (Å²) in [7, 11) is 0. The van der Waals surface area contributed by atoms with E-state index in [0.29, 0.717) is 35.4 Å². The molecule has 124 valence electrons. The van der Waals surface area contributed by atoms with Gasteiger partial charge in [0.05, 0.1) is 11.1 Å². The molecule has 0 spiro atoms. The molecule has 1 aromatic carbocycles. The third-order valence-electron chi connectivity index (χ3n) is 3.72. The maximum absolute atomic E-state index is 11.4. The minimum absolute atomic E-state index is 0.0887. The highest BCUT2D eigenvalue weighted by Crippen LogP contribution is 2.37. The normalized spacial score (nSPS) is 15.8. The number of para-hydroxylation sites is 1. The fourth-order valence-corrected chi connectivity index (χ4v) is 2.61. The van der Waals surface area contributed by atoms with Crippen LogP contribution in [-0.2, 0) is 11.2 Å². The van der Waals surface area contributed by atoms with E-state index in [-0.39, 0.29) is 11.9 Å².